The van der Waals surface area contributed by atoms with Crippen LogP contribution in [0.2, 0.25) is 0 Å². The molecular formula is C16H18BrNO2S. The number of hydrogen-bond acceptors (Lipinski definition) is 3. The minimum atomic E-state index is -0.743. The van der Waals surface area contributed by atoms with Crippen molar-refractivity contribution in [3.05, 3.63) is 56.7 Å². The van der Waals surface area contributed by atoms with E-state index in [9.17, 15) is 4.79 Å². The molecule has 112 valence electrons. The molecule has 5 heteroatoms. The predicted molar refractivity (Wildman–Crippen MR) is 89.7 cm³/mol. The maximum absolute atomic E-state index is 10.8. The number of thiophene rings is 1. The standard InChI is InChI=1S/C16H18BrNO2S/c17-14-8-9-21-15(14)11-18-13(6-7-16(19)20)10-12-4-2-1-3-5-12/h1-5,8-9,13,18H,6-7,10-11H2,(H,19,20). The van der Waals surface area contributed by atoms with Crippen molar-refractivity contribution in [2.24, 2.45) is 0 Å². The fraction of sp³-hybridized carbons (Fsp3) is 0.312. The van der Waals surface area contributed by atoms with E-state index in [0.717, 1.165) is 17.4 Å². The highest BCUT2D eigenvalue weighted by molar-refractivity contribution is 9.10. The van der Waals surface area contributed by atoms with Crippen LogP contribution >= 0.6 is 27.3 Å². The van der Waals surface area contributed by atoms with Gasteiger partial charge in [-0.2, -0.15) is 0 Å². The van der Waals surface area contributed by atoms with Gasteiger partial charge in [0.15, 0.2) is 0 Å². The van der Waals surface area contributed by atoms with E-state index in [-0.39, 0.29) is 12.5 Å². The van der Waals surface area contributed by atoms with Crippen molar-refractivity contribution in [3.8, 4) is 0 Å². The Kier molecular flexibility index (Phi) is 6.42. The van der Waals surface area contributed by atoms with Gasteiger partial charge in [0.05, 0.1) is 0 Å². The smallest absolute Gasteiger partial charge is 0.303 e. The van der Waals surface area contributed by atoms with Crippen molar-refractivity contribution in [1.29, 1.82) is 0 Å². The Labute approximate surface area is 137 Å². The number of halogens is 1. The third kappa shape index (κ3) is 5.61. The Morgan fingerprint density at radius 1 is 1.29 bits per heavy atom. The van der Waals surface area contributed by atoms with E-state index < -0.39 is 5.97 Å². The minimum absolute atomic E-state index is 0.164. The third-order valence-corrected chi connectivity index (χ3v) is 5.20. The Bertz CT molecular complexity index is 571. The third-order valence-electron chi connectivity index (χ3n) is 3.27. The lowest BCUT2D eigenvalue weighted by Gasteiger charge is -2.18. The van der Waals surface area contributed by atoms with Crippen molar-refractivity contribution in [2.45, 2.75) is 31.8 Å². The molecule has 2 N–H and O–H groups in total. The summed E-state index contributed by atoms with van der Waals surface area (Å²) in [4.78, 5) is 12.0. The number of aliphatic carboxylic acids is 1. The highest BCUT2D eigenvalue weighted by Crippen LogP contribution is 2.22. The number of rotatable bonds is 8. The summed E-state index contributed by atoms with van der Waals surface area (Å²) in [6.45, 7) is 0.759. The maximum atomic E-state index is 10.8. The Morgan fingerprint density at radius 3 is 2.67 bits per heavy atom. The summed E-state index contributed by atoms with van der Waals surface area (Å²) in [7, 11) is 0. The lowest BCUT2D eigenvalue weighted by Crippen LogP contribution is -2.31. The molecule has 2 rings (SSSR count). The Hall–Kier alpha value is -1.17. The lowest BCUT2D eigenvalue weighted by molar-refractivity contribution is -0.137. The first-order valence-corrected chi connectivity index (χ1v) is 8.53. The zero-order valence-corrected chi connectivity index (χ0v) is 14.0. The number of hydrogen-bond donors (Lipinski definition) is 2. The van der Waals surface area contributed by atoms with Crippen molar-refractivity contribution < 1.29 is 9.90 Å². The van der Waals surface area contributed by atoms with E-state index in [1.807, 2.05) is 29.6 Å². The summed E-state index contributed by atoms with van der Waals surface area (Å²) in [5.74, 6) is -0.743. The number of nitrogens with one attached hydrogen (secondary N) is 1. The average Bonchev–Trinajstić information content (AvgIpc) is 2.88. The molecule has 1 heterocycles. The molecule has 0 radical (unpaired) electrons. The van der Waals surface area contributed by atoms with Crippen LogP contribution in [0, 0.1) is 0 Å². The first kappa shape index (κ1) is 16.2. The van der Waals surface area contributed by atoms with Crippen molar-refractivity contribution in [2.75, 3.05) is 0 Å². The number of benzene rings is 1. The molecule has 1 atom stereocenters. The van der Waals surface area contributed by atoms with Crippen LogP contribution in [0.1, 0.15) is 23.3 Å². The molecule has 0 aliphatic heterocycles. The second-order valence-electron chi connectivity index (χ2n) is 4.89. The van der Waals surface area contributed by atoms with Crippen molar-refractivity contribution >= 4 is 33.2 Å². The highest BCUT2D eigenvalue weighted by Gasteiger charge is 2.12. The normalized spacial score (nSPS) is 12.2. The molecule has 21 heavy (non-hydrogen) atoms. The molecule has 1 aromatic carbocycles. The van der Waals surface area contributed by atoms with Crippen LogP contribution in [0.25, 0.3) is 0 Å². The van der Waals surface area contributed by atoms with Gasteiger partial charge in [-0.15, -0.1) is 11.3 Å². The van der Waals surface area contributed by atoms with Crippen LogP contribution in [0.5, 0.6) is 0 Å². The monoisotopic (exact) mass is 367 g/mol. The van der Waals surface area contributed by atoms with E-state index in [4.69, 9.17) is 5.11 Å². The van der Waals surface area contributed by atoms with Crippen LogP contribution in [-0.4, -0.2) is 17.1 Å². The van der Waals surface area contributed by atoms with E-state index in [1.54, 1.807) is 11.3 Å². The molecule has 0 bridgehead atoms. The molecule has 0 saturated heterocycles. The van der Waals surface area contributed by atoms with Gasteiger partial charge >= 0.3 is 5.97 Å². The predicted octanol–water partition coefficient (Wildman–Crippen LogP) is 4.08. The molecule has 0 aliphatic rings. The first-order chi connectivity index (χ1) is 10.1. The van der Waals surface area contributed by atoms with Gasteiger partial charge in [0.25, 0.3) is 0 Å². The molecule has 0 aliphatic carbocycles. The van der Waals surface area contributed by atoms with Gasteiger partial charge in [-0.1, -0.05) is 30.3 Å². The van der Waals surface area contributed by atoms with Gasteiger partial charge in [-0.3, -0.25) is 4.79 Å². The quantitative estimate of drug-likeness (QED) is 0.738. The van der Waals surface area contributed by atoms with E-state index in [1.165, 1.54) is 10.4 Å². The molecule has 1 unspecified atom stereocenters. The van der Waals surface area contributed by atoms with E-state index >= 15 is 0 Å². The topological polar surface area (TPSA) is 49.3 Å². The molecule has 1 aromatic heterocycles. The molecule has 2 aromatic rings. The minimum Gasteiger partial charge on any atom is -0.481 e. The SMILES string of the molecule is O=C(O)CCC(Cc1ccccc1)NCc1sccc1Br. The number of carbonyl (C=O) groups is 1. The van der Waals surface area contributed by atoms with E-state index in [0.29, 0.717) is 6.42 Å². The fourth-order valence-corrected chi connectivity index (χ4v) is 3.60. The molecular weight excluding hydrogens is 350 g/mol. The zero-order chi connectivity index (χ0) is 15.1. The molecule has 0 spiro atoms. The summed E-state index contributed by atoms with van der Waals surface area (Å²) in [6.07, 6.45) is 1.67. The first-order valence-electron chi connectivity index (χ1n) is 6.86. The van der Waals surface area contributed by atoms with E-state index in [2.05, 4.69) is 33.4 Å². The lowest BCUT2D eigenvalue weighted by atomic mass is 10.0. The summed E-state index contributed by atoms with van der Waals surface area (Å²) in [5, 5.41) is 14.4. The number of carboxylic acid groups (broad SMARTS) is 1. The molecule has 0 saturated carbocycles. The maximum Gasteiger partial charge on any atom is 0.303 e. The Balaban J connectivity index is 1.94. The van der Waals surface area contributed by atoms with Crippen LogP contribution in [0.3, 0.4) is 0 Å². The Morgan fingerprint density at radius 2 is 2.05 bits per heavy atom. The number of carboxylic acids is 1. The van der Waals surface area contributed by atoms with Gasteiger partial charge in [-0.25, -0.2) is 0 Å². The largest absolute Gasteiger partial charge is 0.481 e. The van der Waals surface area contributed by atoms with Crippen LogP contribution < -0.4 is 5.32 Å². The molecule has 0 amide bonds. The van der Waals surface area contributed by atoms with Gasteiger partial charge in [0, 0.05) is 28.4 Å². The van der Waals surface area contributed by atoms with Gasteiger partial charge in [0.1, 0.15) is 0 Å². The highest BCUT2D eigenvalue weighted by atomic mass is 79.9. The van der Waals surface area contributed by atoms with Crippen LogP contribution in [0.4, 0.5) is 0 Å². The van der Waals surface area contributed by atoms with Gasteiger partial charge < -0.3 is 10.4 Å². The second-order valence-corrected chi connectivity index (χ2v) is 6.75. The van der Waals surface area contributed by atoms with Crippen molar-refractivity contribution in [1.82, 2.24) is 5.32 Å². The van der Waals surface area contributed by atoms with Gasteiger partial charge in [-0.05, 0) is 45.8 Å². The summed E-state index contributed by atoms with van der Waals surface area (Å²) >= 11 is 5.22. The zero-order valence-electron chi connectivity index (χ0n) is 11.6. The molecule has 0 fully saturated rings. The fourth-order valence-electron chi connectivity index (χ4n) is 2.16. The molecule has 3 nitrogen and oxygen atoms in total. The summed E-state index contributed by atoms with van der Waals surface area (Å²) < 4.78 is 1.11. The van der Waals surface area contributed by atoms with Gasteiger partial charge in [0.2, 0.25) is 0 Å². The summed E-state index contributed by atoms with van der Waals surface area (Å²) in [5.41, 5.74) is 1.23. The van der Waals surface area contributed by atoms with Crippen LogP contribution in [-0.2, 0) is 17.8 Å². The summed E-state index contributed by atoms with van der Waals surface area (Å²) in [6, 6.07) is 12.4. The van der Waals surface area contributed by atoms with Crippen molar-refractivity contribution in [3.63, 3.8) is 0 Å². The average molecular weight is 368 g/mol. The second kappa shape index (κ2) is 8.32. The van der Waals surface area contributed by atoms with Crippen LogP contribution in [0.15, 0.2) is 46.3 Å².